The molecule has 0 radical (unpaired) electrons. The van der Waals surface area contributed by atoms with Crippen LogP contribution in [0.3, 0.4) is 0 Å². The fourth-order valence-corrected chi connectivity index (χ4v) is 1.72. The Morgan fingerprint density at radius 3 is 2.74 bits per heavy atom. The molecule has 100 valence electrons. The summed E-state index contributed by atoms with van der Waals surface area (Å²) in [5.41, 5.74) is -0.584. The van der Waals surface area contributed by atoms with Crippen molar-refractivity contribution in [3.8, 4) is 12.3 Å². The van der Waals surface area contributed by atoms with E-state index < -0.39 is 16.9 Å². The quantitative estimate of drug-likeness (QED) is 0.492. The van der Waals surface area contributed by atoms with Crippen molar-refractivity contribution in [3.05, 3.63) is 32.8 Å². The lowest BCUT2D eigenvalue weighted by atomic mass is 10.1. The fourth-order valence-electron chi connectivity index (χ4n) is 1.45. The smallest absolute Gasteiger partial charge is 0.338 e. The van der Waals surface area contributed by atoms with Crippen LogP contribution in [-0.4, -0.2) is 22.0 Å². The van der Waals surface area contributed by atoms with Crippen LogP contribution in [0.2, 0.25) is 5.02 Å². The highest BCUT2D eigenvalue weighted by Crippen LogP contribution is 2.32. The molecular formula is C12H11ClN2O4. The van der Waals surface area contributed by atoms with Gasteiger partial charge < -0.3 is 10.4 Å². The highest BCUT2D eigenvalue weighted by atomic mass is 35.5. The number of nitrogens with one attached hydrogen (secondary N) is 1. The summed E-state index contributed by atoms with van der Waals surface area (Å²) in [4.78, 5) is 21.1. The molecule has 0 bridgehead atoms. The van der Waals surface area contributed by atoms with Crippen LogP contribution in [-0.2, 0) is 0 Å². The third-order valence-electron chi connectivity index (χ3n) is 2.44. The van der Waals surface area contributed by atoms with E-state index in [9.17, 15) is 14.9 Å². The van der Waals surface area contributed by atoms with Crippen molar-refractivity contribution >= 4 is 28.9 Å². The molecule has 19 heavy (non-hydrogen) atoms. The number of nitro benzene ring substituents is 1. The van der Waals surface area contributed by atoms with Crippen molar-refractivity contribution in [2.24, 2.45) is 0 Å². The molecule has 1 unspecified atom stereocenters. The van der Waals surface area contributed by atoms with Gasteiger partial charge in [0.25, 0.3) is 5.69 Å². The number of halogens is 1. The normalized spacial score (nSPS) is 11.4. The number of carbonyl (C=O) groups is 1. The third-order valence-corrected chi connectivity index (χ3v) is 2.74. The van der Waals surface area contributed by atoms with Crippen molar-refractivity contribution in [2.75, 3.05) is 5.32 Å². The van der Waals surface area contributed by atoms with E-state index in [0.29, 0.717) is 6.42 Å². The number of terminal acetylenes is 1. The Hall–Kier alpha value is -2.26. The predicted octanol–water partition coefficient (Wildman–Crippen LogP) is 2.77. The molecule has 1 atom stereocenters. The van der Waals surface area contributed by atoms with Gasteiger partial charge in [-0.15, -0.1) is 6.42 Å². The molecule has 0 aliphatic rings. The second-order valence-corrected chi connectivity index (χ2v) is 4.09. The number of nitrogens with zero attached hydrogens (tertiary/aromatic N) is 1. The van der Waals surface area contributed by atoms with Crippen LogP contribution in [0, 0.1) is 22.5 Å². The molecule has 7 heteroatoms. The number of hydrogen-bond acceptors (Lipinski definition) is 4. The first kappa shape index (κ1) is 14.8. The van der Waals surface area contributed by atoms with Gasteiger partial charge in [0.1, 0.15) is 0 Å². The molecule has 0 heterocycles. The van der Waals surface area contributed by atoms with Crippen molar-refractivity contribution in [1.29, 1.82) is 0 Å². The average Bonchev–Trinajstić information content (AvgIpc) is 2.36. The second kappa shape index (κ2) is 6.07. The van der Waals surface area contributed by atoms with Crippen molar-refractivity contribution in [1.82, 2.24) is 0 Å². The van der Waals surface area contributed by atoms with E-state index in [4.69, 9.17) is 23.1 Å². The van der Waals surface area contributed by atoms with Gasteiger partial charge in [-0.05, 0) is 6.42 Å². The maximum absolute atomic E-state index is 11.1. The maximum Gasteiger partial charge on any atom is 0.338 e. The summed E-state index contributed by atoms with van der Waals surface area (Å²) in [5, 5.41) is 22.5. The van der Waals surface area contributed by atoms with E-state index in [1.807, 2.05) is 6.92 Å². The zero-order chi connectivity index (χ0) is 14.6. The number of nitro groups is 1. The minimum absolute atomic E-state index is 0.0553. The Bertz CT molecular complexity index is 566. The summed E-state index contributed by atoms with van der Waals surface area (Å²) in [6.45, 7) is 1.82. The van der Waals surface area contributed by atoms with Gasteiger partial charge in [0.15, 0.2) is 0 Å². The lowest BCUT2D eigenvalue weighted by Crippen LogP contribution is -2.18. The van der Waals surface area contributed by atoms with Crippen LogP contribution < -0.4 is 5.32 Å². The first-order chi connectivity index (χ1) is 8.90. The number of benzene rings is 1. The number of carboxylic acids is 1. The second-order valence-electron chi connectivity index (χ2n) is 3.68. The number of non-ortho nitro benzene ring substituents is 1. The molecule has 0 spiro atoms. The predicted molar refractivity (Wildman–Crippen MR) is 71.6 cm³/mol. The Balaban J connectivity index is 3.34. The van der Waals surface area contributed by atoms with E-state index in [1.165, 1.54) is 0 Å². The maximum atomic E-state index is 11.1. The number of hydrogen-bond donors (Lipinski definition) is 2. The van der Waals surface area contributed by atoms with Gasteiger partial charge in [-0.3, -0.25) is 10.1 Å². The number of aromatic carboxylic acids is 1. The summed E-state index contributed by atoms with van der Waals surface area (Å²) in [6, 6.07) is 1.62. The Labute approximate surface area is 114 Å². The number of carboxylic acid groups (broad SMARTS) is 1. The van der Waals surface area contributed by atoms with Gasteiger partial charge >= 0.3 is 5.97 Å². The first-order valence-electron chi connectivity index (χ1n) is 5.34. The Morgan fingerprint density at radius 1 is 1.68 bits per heavy atom. The molecular weight excluding hydrogens is 272 g/mol. The SMILES string of the molecule is C#CC(CC)Nc1c(Cl)cc([N+](=O)[O-])cc1C(=O)O. The minimum atomic E-state index is -1.32. The molecule has 0 aromatic heterocycles. The molecule has 0 amide bonds. The Kier molecular flexibility index (Phi) is 4.73. The lowest BCUT2D eigenvalue weighted by molar-refractivity contribution is -0.384. The zero-order valence-corrected chi connectivity index (χ0v) is 10.8. The van der Waals surface area contributed by atoms with Crippen LogP contribution in [0.1, 0.15) is 23.7 Å². The lowest BCUT2D eigenvalue weighted by Gasteiger charge is -2.15. The largest absolute Gasteiger partial charge is 0.478 e. The van der Waals surface area contributed by atoms with Crippen molar-refractivity contribution in [2.45, 2.75) is 19.4 Å². The molecule has 2 N–H and O–H groups in total. The van der Waals surface area contributed by atoms with Crippen LogP contribution in [0.25, 0.3) is 0 Å². The summed E-state index contributed by atoms with van der Waals surface area (Å²) >= 11 is 5.88. The topological polar surface area (TPSA) is 92.5 Å². The Morgan fingerprint density at radius 2 is 2.32 bits per heavy atom. The van der Waals surface area contributed by atoms with E-state index >= 15 is 0 Å². The standard InChI is InChI=1S/C12H11ClN2O4/c1-3-7(4-2)14-11-9(12(16)17)5-8(15(18)19)6-10(11)13/h1,5-7,14H,4H2,2H3,(H,16,17). The summed E-state index contributed by atoms with van der Waals surface area (Å²) in [5.74, 6) is 1.11. The highest BCUT2D eigenvalue weighted by molar-refractivity contribution is 6.34. The summed E-state index contributed by atoms with van der Waals surface area (Å²) < 4.78 is 0. The molecule has 0 aliphatic heterocycles. The van der Waals surface area contributed by atoms with Crippen LogP contribution >= 0.6 is 11.6 Å². The summed E-state index contributed by atoms with van der Waals surface area (Å²) in [7, 11) is 0. The van der Waals surface area contributed by atoms with Crippen molar-refractivity contribution < 1.29 is 14.8 Å². The number of rotatable bonds is 5. The van der Waals surface area contributed by atoms with Crippen molar-refractivity contribution in [3.63, 3.8) is 0 Å². The van der Waals surface area contributed by atoms with E-state index in [0.717, 1.165) is 12.1 Å². The third kappa shape index (κ3) is 3.36. The van der Waals surface area contributed by atoms with Crippen LogP contribution in [0.4, 0.5) is 11.4 Å². The van der Waals surface area contributed by atoms with Crippen LogP contribution in [0.15, 0.2) is 12.1 Å². The number of anilines is 1. The fraction of sp³-hybridized carbons (Fsp3) is 0.250. The molecule has 1 aromatic rings. The average molecular weight is 283 g/mol. The van der Waals surface area contributed by atoms with Gasteiger partial charge in [-0.2, -0.15) is 0 Å². The molecule has 0 aliphatic carbocycles. The van der Waals surface area contributed by atoms with Gasteiger partial charge in [0.05, 0.1) is 27.2 Å². The van der Waals surface area contributed by atoms with Gasteiger partial charge in [0, 0.05) is 12.1 Å². The van der Waals surface area contributed by atoms with Gasteiger partial charge in [-0.25, -0.2) is 4.79 Å². The molecule has 6 nitrogen and oxygen atoms in total. The van der Waals surface area contributed by atoms with E-state index in [2.05, 4.69) is 11.2 Å². The molecule has 0 fully saturated rings. The molecule has 0 saturated carbocycles. The van der Waals surface area contributed by atoms with E-state index in [1.54, 1.807) is 0 Å². The van der Waals surface area contributed by atoms with Gasteiger partial charge in [-0.1, -0.05) is 24.4 Å². The van der Waals surface area contributed by atoms with Crippen LogP contribution in [0.5, 0.6) is 0 Å². The molecule has 1 aromatic carbocycles. The minimum Gasteiger partial charge on any atom is -0.478 e. The molecule has 0 saturated heterocycles. The summed E-state index contributed by atoms with van der Waals surface area (Å²) in [6.07, 6.45) is 5.83. The first-order valence-corrected chi connectivity index (χ1v) is 5.72. The monoisotopic (exact) mass is 282 g/mol. The van der Waals surface area contributed by atoms with E-state index in [-0.39, 0.29) is 22.0 Å². The molecule has 1 rings (SSSR count). The van der Waals surface area contributed by atoms with Gasteiger partial charge in [0.2, 0.25) is 0 Å². The zero-order valence-electron chi connectivity index (χ0n) is 10.0. The highest BCUT2D eigenvalue weighted by Gasteiger charge is 2.21.